The number of anilines is 3. The summed E-state index contributed by atoms with van der Waals surface area (Å²) in [5.74, 6) is -4.73. The summed E-state index contributed by atoms with van der Waals surface area (Å²) in [6.07, 6.45) is 0.905. The van der Waals surface area contributed by atoms with Crippen LogP contribution in [0.25, 0.3) is 0 Å². The zero-order valence-electron chi connectivity index (χ0n) is 9.60. The Morgan fingerprint density at radius 3 is 2.45 bits per heavy atom. The van der Waals surface area contributed by atoms with Gasteiger partial charge in [0.1, 0.15) is 12.1 Å². The van der Waals surface area contributed by atoms with Crippen molar-refractivity contribution < 1.29 is 18.1 Å². The summed E-state index contributed by atoms with van der Waals surface area (Å²) in [7, 11) is 0. The molecule has 0 saturated carbocycles. The molecule has 0 radical (unpaired) electrons. The Morgan fingerprint density at radius 1 is 1.15 bits per heavy atom. The summed E-state index contributed by atoms with van der Waals surface area (Å²) in [6.45, 7) is 0. The van der Waals surface area contributed by atoms with Crippen molar-refractivity contribution in [2.24, 2.45) is 0 Å². The molecule has 20 heavy (non-hydrogen) atoms. The lowest BCUT2D eigenvalue weighted by atomic mass is 10.2. The zero-order valence-corrected chi connectivity index (χ0v) is 9.60. The predicted octanol–water partition coefficient (Wildman–Crippen LogP) is 2.13. The maximum absolute atomic E-state index is 13.4. The van der Waals surface area contributed by atoms with Crippen molar-refractivity contribution in [1.29, 1.82) is 0 Å². The van der Waals surface area contributed by atoms with E-state index in [1.54, 1.807) is 0 Å². The minimum Gasteiger partial charge on any atom is -0.378 e. The number of hydrogen-bond donors (Lipinski definition) is 2. The second-order valence-corrected chi connectivity index (χ2v) is 3.58. The van der Waals surface area contributed by atoms with Crippen molar-refractivity contribution in [3.8, 4) is 0 Å². The van der Waals surface area contributed by atoms with Crippen LogP contribution in [-0.4, -0.2) is 14.9 Å². The first kappa shape index (κ1) is 13.5. The molecule has 0 bridgehead atoms. The van der Waals surface area contributed by atoms with Crippen molar-refractivity contribution in [3.63, 3.8) is 0 Å². The van der Waals surface area contributed by atoms with Gasteiger partial charge in [-0.2, -0.15) is 0 Å². The highest BCUT2D eigenvalue weighted by Crippen LogP contribution is 2.30. The predicted molar refractivity (Wildman–Crippen MR) is 62.7 cm³/mol. The van der Waals surface area contributed by atoms with Gasteiger partial charge in [-0.1, -0.05) is 0 Å². The van der Waals surface area contributed by atoms with Gasteiger partial charge in [-0.25, -0.2) is 23.1 Å². The number of aromatic nitrogens is 2. The summed E-state index contributed by atoms with van der Waals surface area (Å²) in [6, 6.07) is 0.806. The SMILES string of the molecule is Nc1ncnc(Nc2cc(F)c(F)cc2F)c1[N+](=O)[O-]. The average molecular weight is 285 g/mol. The molecule has 0 unspecified atom stereocenters. The maximum atomic E-state index is 13.4. The van der Waals surface area contributed by atoms with E-state index in [1.807, 2.05) is 0 Å². The fraction of sp³-hybridized carbons (Fsp3) is 0. The molecule has 0 atom stereocenters. The van der Waals surface area contributed by atoms with Gasteiger partial charge in [0.25, 0.3) is 0 Å². The van der Waals surface area contributed by atoms with Crippen molar-refractivity contribution >= 4 is 23.0 Å². The van der Waals surface area contributed by atoms with Crippen LogP contribution in [0, 0.1) is 27.6 Å². The van der Waals surface area contributed by atoms with E-state index in [0.29, 0.717) is 12.1 Å². The van der Waals surface area contributed by atoms with Gasteiger partial charge < -0.3 is 11.1 Å². The summed E-state index contributed by atoms with van der Waals surface area (Å²) in [5, 5.41) is 13.0. The van der Waals surface area contributed by atoms with Gasteiger partial charge in [-0.15, -0.1) is 0 Å². The summed E-state index contributed by atoms with van der Waals surface area (Å²) < 4.78 is 39.2. The zero-order chi connectivity index (χ0) is 14.9. The maximum Gasteiger partial charge on any atom is 0.353 e. The Kier molecular flexibility index (Phi) is 3.37. The molecule has 104 valence electrons. The topological polar surface area (TPSA) is 107 Å². The molecule has 7 nitrogen and oxygen atoms in total. The van der Waals surface area contributed by atoms with Crippen LogP contribution >= 0.6 is 0 Å². The van der Waals surface area contributed by atoms with Crippen LogP contribution in [0.5, 0.6) is 0 Å². The number of halogens is 3. The van der Waals surface area contributed by atoms with Crippen LogP contribution < -0.4 is 11.1 Å². The van der Waals surface area contributed by atoms with Gasteiger partial charge in [0, 0.05) is 12.1 Å². The van der Waals surface area contributed by atoms with Crippen molar-refractivity contribution in [1.82, 2.24) is 9.97 Å². The molecule has 0 aliphatic heterocycles. The number of nitrogen functional groups attached to an aromatic ring is 1. The van der Waals surface area contributed by atoms with E-state index in [-0.39, 0.29) is 0 Å². The molecular formula is C10H6F3N5O2. The first-order valence-electron chi connectivity index (χ1n) is 5.06. The third kappa shape index (κ3) is 2.43. The summed E-state index contributed by atoms with van der Waals surface area (Å²) in [5.41, 5.74) is 4.09. The van der Waals surface area contributed by atoms with Gasteiger partial charge >= 0.3 is 5.69 Å². The highest BCUT2D eigenvalue weighted by molar-refractivity contribution is 5.72. The van der Waals surface area contributed by atoms with E-state index in [4.69, 9.17) is 5.73 Å². The van der Waals surface area contributed by atoms with E-state index in [2.05, 4.69) is 15.3 Å². The van der Waals surface area contributed by atoms with E-state index in [1.165, 1.54) is 0 Å². The molecule has 1 heterocycles. The fourth-order valence-corrected chi connectivity index (χ4v) is 1.41. The third-order valence-corrected chi connectivity index (χ3v) is 2.30. The second kappa shape index (κ2) is 4.99. The lowest BCUT2D eigenvalue weighted by Crippen LogP contribution is -2.06. The van der Waals surface area contributed by atoms with Crippen LogP contribution in [0.4, 0.5) is 36.2 Å². The number of rotatable bonds is 3. The van der Waals surface area contributed by atoms with Crippen LogP contribution in [0.15, 0.2) is 18.5 Å². The normalized spacial score (nSPS) is 10.3. The minimum absolute atomic E-state index is 0.300. The van der Waals surface area contributed by atoms with E-state index >= 15 is 0 Å². The first-order chi connectivity index (χ1) is 9.40. The lowest BCUT2D eigenvalue weighted by Gasteiger charge is -2.08. The number of benzene rings is 1. The summed E-state index contributed by atoms with van der Waals surface area (Å²) >= 11 is 0. The number of hydrogen-bond acceptors (Lipinski definition) is 6. The molecule has 0 aliphatic carbocycles. The molecule has 1 aromatic heterocycles. The molecule has 1 aromatic carbocycles. The highest BCUT2D eigenvalue weighted by atomic mass is 19.2. The first-order valence-corrected chi connectivity index (χ1v) is 5.06. The fourth-order valence-electron chi connectivity index (χ4n) is 1.41. The summed E-state index contributed by atoms with van der Waals surface area (Å²) in [4.78, 5) is 16.9. The van der Waals surface area contributed by atoms with Crippen LogP contribution in [0.3, 0.4) is 0 Å². The van der Waals surface area contributed by atoms with Gasteiger partial charge in [0.05, 0.1) is 10.6 Å². The molecule has 0 aliphatic rings. The Morgan fingerprint density at radius 2 is 1.80 bits per heavy atom. The third-order valence-electron chi connectivity index (χ3n) is 2.30. The molecule has 10 heteroatoms. The number of nitrogens with two attached hydrogens (primary N) is 1. The van der Waals surface area contributed by atoms with Gasteiger partial charge in [-0.05, 0) is 0 Å². The molecule has 0 amide bonds. The molecule has 2 aromatic rings. The molecule has 2 rings (SSSR count). The number of nitro groups is 1. The van der Waals surface area contributed by atoms with Crippen molar-refractivity contribution in [2.75, 3.05) is 11.1 Å². The van der Waals surface area contributed by atoms with E-state index in [9.17, 15) is 23.3 Å². The van der Waals surface area contributed by atoms with E-state index in [0.717, 1.165) is 6.33 Å². The quantitative estimate of drug-likeness (QED) is 0.508. The lowest BCUT2D eigenvalue weighted by molar-refractivity contribution is -0.383. The smallest absolute Gasteiger partial charge is 0.353 e. The average Bonchev–Trinajstić information content (AvgIpc) is 2.35. The monoisotopic (exact) mass is 285 g/mol. The highest BCUT2D eigenvalue weighted by Gasteiger charge is 2.22. The molecule has 3 N–H and O–H groups in total. The molecular weight excluding hydrogens is 279 g/mol. The molecule has 0 fully saturated rings. The Labute approximate surface area is 109 Å². The van der Waals surface area contributed by atoms with Gasteiger partial charge in [-0.3, -0.25) is 10.1 Å². The van der Waals surface area contributed by atoms with Gasteiger partial charge in [0.15, 0.2) is 11.6 Å². The van der Waals surface area contributed by atoms with Crippen LogP contribution in [0.2, 0.25) is 0 Å². The van der Waals surface area contributed by atoms with Gasteiger partial charge in [0.2, 0.25) is 11.6 Å². The Balaban J connectivity index is 2.48. The Hall–Kier alpha value is -2.91. The van der Waals surface area contributed by atoms with Crippen LogP contribution in [0.1, 0.15) is 0 Å². The standard InChI is InChI=1S/C10H6F3N5O2/c11-4-1-6(13)7(2-5(4)12)17-10-8(18(19)20)9(14)15-3-16-10/h1-3H,(H3,14,15,16,17). The van der Waals surface area contributed by atoms with E-state index < -0.39 is 45.4 Å². The largest absolute Gasteiger partial charge is 0.378 e. The van der Waals surface area contributed by atoms with Crippen LogP contribution in [-0.2, 0) is 0 Å². The molecule has 0 spiro atoms. The Bertz CT molecular complexity index is 695. The van der Waals surface area contributed by atoms with Crippen molar-refractivity contribution in [2.45, 2.75) is 0 Å². The molecule has 0 saturated heterocycles. The minimum atomic E-state index is -1.38. The number of nitrogens with one attached hydrogen (secondary N) is 1. The second-order valence-electron chi connectivity index (χ2n) is 3.58. The van der Waals surface area contributed by atoms with Crippen molar-refractivity contribution in [3.05, 3.63) is 46.0 Å². The number of nitrogens with zero attached hydrogens (tertiary/aromatic N) is 3.